The summed E-state index contributed by atoms with van der Waals surface area (Å²) in [5, 5.41) is 15.4. The van der Waals surface area contributed by atoms with E-state index in [1.807, 2.05) is 42.5 Å². The maximum atomic E-state index is 12.8. The van der Waals surface area contributed by atoms with Crippen LogP contribution in [0.3, 0.4) is 0 Å². The standard InChI is InChI=1S/C24H19N5O2/c25-16-18-10-4-6-12-20(18)26-23(30)28-22-19-11-5-7-13-21(19)27-24(31)29(22)15-14-17-8-2-1-3-9-17/h1-13H,14-15H2,(H2,26,28,30). The van der Waals surface area contributed by atoms with Gasteiger partial charge >= 0.3 is 11.7 Å². The molecule has 0 spiro atoms. The molecule has 0 aliphatic rings. The van der Waals surface area contributed by atoms with Crippen molar-refractivity contribution in [2.75, 3.05) is 10.6 Å². The van der Waals surface area contributed by atoms with Crippen molar-refractivity contribution in [2.45, 2.75) is 13.0 Å². The summed E-state index contributed by atoms with van der Waals surface area (Å²) < 4.78 is 1.46. The predicted molar refractivity (Wildman–Crippen MR) is 120 cm³/mol. The topological polar surface area (TPSA) is 99.8 Å². The van der Waals surface area contributed by atoms with Crippen LogP contribution >= 0.6 is 0 Å². The number of fused-ring (bicyclic) bond motifs is 1. The number of anilines is 2. The highest BCUT2D eigenvalue weighted by Crippen LogP contribution is 2.21. The van der Waals surface area contributed by atoms with Gasteiger partial charge in [0, 0.05) is 11.9 Å². The van der Waals surface area contributed by atoms with Crippen molar-refractivity contribution in [3.63, 3.8) is 0 Å². The molecule has 0 aliphatic heterocycles. The van der Waals surface area contributed by atoms with E-state index >= 15 is 0 Å². The van der Waals surface area contributed by atoms with Crippen molar-refractivity contribution < 1.29 is 4.79 Å². The second-order valence-corrected chi connectivity index (χ2v) is 6.88. The highest BCUT2D eigenvalue weighted by molar-refractivity contribution is 6.04. The molecule has 0 radical (unpaired) electrons. The van der Waals surface area contributed by atoms with Crippen molar-refractivity contribution >= 4 is 28.4 Å². The molecule has 152 valence electrons. The molecule has 3 aromatic carbocycles. The number of nitrogens with zero attached hydrogens (tertiary/aromatic N) is 3. The number of nitriles is 1. The number of rotatable bonds is 5. The van der Waals surface area contributed by atoms with Gasteiger partial charge in [0.05, 0.1) is 16.8 Å². The van der Waals surface area contributed by atoms with Crippen LogP contribution in [0.5, 0.6) is 0 Å². The zero-order valence-corrected chi connectivity index (χ0v) is 16.6. The normalized spacial score (nSPS) is 10.4. The fraction of sp³-hybridized carbons (Fsp3) is 0.0833. The predicted octanol–water partition coefficient (Wildman–Crippen LogP) is 4.15. The number of aromatic nitrogens is 2. The van der Waals surface area contributed by atoms with E-state index in [4.69, 9.17) is 0 Å². The molecule has 7 heteroatoms. The van der Waals surface area contributed by atoms with E-state index in [-0.39, 0.29) is 0 Å². The van der Waals surface area contributed by atoms with Crippen LogP contribution in [-0.4, -0.2) is 15.6 Å². The Labute approximate surface area is 178 Å². The smallest absolute Gasteiger partial charge is 0.306 e. The summed E-state index contributed by atoms with van der Waals surface area (Å²) in [4.78, 5) is 29.7. The molecule has 4 aromatic rings. The Morgan fingerprint density at radius 3 is 2.45 bits per heavy atom. The number of urea groups is 1. The summed E-state index contributed by atoms with van der Waals surface area (Å²) in [7, 11) is 0. The fourth-order valence-corrected chi connectivity index (χ4v) is 3.35. The molecule has 2 amide bonds. The van der Waals surface area contributed by atoms with E-state index in [2.05, 4.69) is 15.6 Å². The Morgan fingerprint density at radius 1 is 0.935 bits per heavy atom. The number of hydrogen-bond acceptors (Lipinski definition) is 4. The van der Waals surface area contributed by atoms with Crippen molar-refractivity contribution in [2.24, 2.45) is 0 Å². The molecule has 0 fully saturated rings. The summed E-state index contributed by atoms with van der Waals surface area (Å²) in [5.74, 6) is 0.360. The number of aryl methyl sites for hydroxylation is 1. The van der Waals surface area contributed by atoms with Crippen LogP contribution in [0.1, 0.15) is 11.1 Å². The Kier molecular flexibility index (Phi) is 5.72. The number of amides is 2. The molecule has 0 bridgehead atoms. The zero-order valence-electron chi connectivity index (χ0n) is 16.6. The van der Waals surface area contributed by atoms with Gasteiger partial charge in [-0.2, -0.15) is 10.2 Å². The van der Waals surface area contributed by atoms with Gasteiger partial charge in [0.2, 0.25) is 0 Å². The van der Waals surface area contributed by atoms with Crippen LogP contribution in [0, 0.1) is 11.3 Å². The molecule has 31 heavy (non-hydrogen) atoms. The first-order valence-corrected chi connectivity index (χ1v) is 9.76. The van der Waals surface area contributed by atoms with Crippen LogP contribution in [0.2, 0.25) is 0 Å². The maximum absolute atomic E-state index is 12.8. The van der Waals surface area contributed by atoms with E-state index in [1.54, 1.807) is 42.5 Å². The first-order chi connectivity index (χ1) is 15.2. The average Bonchev–Trinajstić information content (AvgIpc) is 2.79. The number of hydrogen-bond donors (Lipinski definition) is 2. The second-order valence-electron chi connectivity index (χ2n) is 6.88. The molecule has 0 saturated carbocycles. The lowest BCUT2D eigenvalue weighted by atomic mass is 10.1. The average molecular weight is 409 g/mol. The minimum Gasteiger partial charge on any atom is -0.306 e. The molecular formula is C24H19N5O2. The van der Waals surface area contributed by atoms with Crippen LogP contribution in [0.4, 0.5) is 16.3 Å². The van der Waals surface area contributed by atoms with E-state index in [0.29, 0.717) is 40.9 Å². The van der Waals surface area contributed by atoms with E-state index in [1.165, 1.54) is 4.57 Å². The van der Waals surface area contributed by atoms with Crippen molar-refractivity contribution in [1.82, 2.24) is 9.55 Å². The van der Waals surface area contributed by atoms with Crippen molar-refractivity contribution in [3.8, 4) is 6.07 Å². The molecule has 1 heterocycles. The summed E-state index contributed by atoms with van der Waals surface area (Å²) in [5.41, 5.74) is 1.86. The van der Waals surface area contributed by atoms with Gasteiger partial charge < -0.3 is 5.32 Å². The third kappa shape index (κ3) is 4.43. The summed E-state index contributed by atoms with van der Waals surface area (Å²) in [6.07, 6.45) is 0.605. The summed E-state index contributed by atoms with van der Waals surface area (Å²) >= 11 is 0. The van der Waals surface area contributed by atoms with Crippen molar-refractivity contribution in [3.05, 3.63) is 100 Å². The number of carbonyl (C=O) groups is 1. The van der Waals surface area contributed by atoms with E-state index in [9.17, 15) is 14.9 Å². The van der Waals surface area contributed by atoms with Crippen LogP contribution in [-0.2, 0) is 13.0 Å². The van der Waals surface area contributed by atoms with Gasteiger partial charge in [0.25, 0.3) is 0 Å². The molecule has 0 atom stereocenters. The number of benzene rings is 3. The lowest BCUT2D eigenvalue weighted by Gasteiger charge is -2.16. The molecule has 1 aromatic heterocycles. The lowest BCUT2D eigenvalue weighted by Crippen LogP contribution is -2.30. The third-order valence-electron chi connectivity index (χ3n) is 4.87. The molecule has 0 saturated heterocycles. The molecular weight excluding hydrogens is 390 g/mol. The van der Waals surface area contributed by atoms with Gasteiger partial charge in [-0.3, -0.25) is 9.88 Å². The van der Waals surface area contributed by atoms with Gasteiger partial charge in [0.15, 0.2) is 0 Å². The van der Waals surface area contributed by atoms with Crippen LogP contribution in [0.15, 0.2) is 83.7 Å². The molecule has 7 nitrogen and oxygen atoms in total. The van der Waals surface area contributed by atoms with Gasteiger partial charge in [-0.1, -0.05) is 54.6 Å². The highest BCUT2D eigenvalue weighted by atomic mass is 16.2. The van der Waals surface area contributed by atoms with Gasteiger partial charge in [-0.25, -0.2) is 9.59 Å². The summed E-state index contributed by atoms with van der Waals surface area (Å²) in [6, 6.07) is 25.1. The first kappa shape index (κ1) is 19.9. The minimum atomic E-state index is -0.549. The first-order valence-electron chi connectivity index (χ1n) is 9.76. The SMILES string of the molecule is N#Cc1ccccc1NC(=O)Nc1c2ccccc2nc(=O)n1CCc1ccccc1. The molecule has 0 aliphatic carbocycles. The highest BCUT2D eigenvalue weighted by Gasteiger charge is 2.15. The Bertz CT molecular complexity index is 1340. The zero-order chi connectivity index (χ0) is 21.6. The largest absolute Gasteiger partial charge is 0.349 e. The molecule has 2 N–H and O–H groups in total. The van der Waals surface area contributed by atoms with E-state index < -0.39 is 11.7 Å². The van der Waals surface area contributed by atoms with Crippen molar-refractivity contribution in [1.29, 1.82) is 5.26 Å². The minimum absolute atomic E-state index is 0.346. The van der Waals surface area contributed by atoms with Gasteiger partial charge in [-0.15, -0.1) is 0 Å². The number of nitrogens with one attached hydrogen (secondary N) is 2. The third-order valence-corrected chi connectivity index (χ3v) is 4.87. The van der Waals surface area contributed by atoms with E-state index in [0.717, 1.165) is 5.56 Å². The Balaban J connectivity index is 1.68. The summed E-state index contributed by atoms with van der Waals surface area (Å²) in [6.45, 7) is 0.352. The van der Waals surface area contributed by atoms with Gasteiger partial charge in [-0.05, 0) is 36.2 Å². The lowest BCUT2D eigenvalue weighted by molar-refractivity contribution is 0.262. The molecule has 0 unspecified atom stereocenters. The Hall–Kier alpha value is -4.44. The second kappa shape index (κ2) is 8.93. The fourth-order valence-electron chi connectivity index (χ4n) is 3.35. The number of para-hydroxylation sites is 2. The van der Waals surface area contributed by atoms with Crippen LogP contribution in [0.25, 0.3) is 10.9 Å². The van der Waals surface area contributed by atoms with Gasteiger partial charge in [0.1, 0.15) is 11.9 Å². The number of carbonyl (C=O) groups excluding carboxylic acids is 1. The Morgan fingerprint density at radius 2 is 1.65 bits per heavy atom. The maximum Gasteiger partial charge on any atom is 0.349 e. The monoisotopic (exact) mass is 409 g/mol. The molecule has 4 rings (SSSR count). The van der Waals surface area contributed by atoms with Crippen LogP contribution < -0.4 is 16.3 Å². The quantitative estimate of drug-likeness (QED) is 0.517.